The summed E-state index contributed by atoms with van der Waals surface area (Å²) in [4.78, 5) is 7.32. The molecule has 0 bridgehead atoms. The van der Waals surface area contributed by atoms with Gasteiger partial charge in [0.1, 0.15) is 16.7 Å². The van der Waals surface area contributed by atoms with Gasteiger partial charge in [0.15, 0.2) is 5.58 Å². The Morgan fingerprint density at radius 2 is 1.07 bits per heavy atom. The lowest BCUT2D eigenvalue weighted by Crippen LogP contribution is -2.10. The average molecular weight is 694 g/mol. The van der Waals surface area contributed by atoms with Crippen molar-refractivity contribution >= 4 is 71.9 Å². The van der Waals surface area contributed by atoms with Gasteiger partial charge >= 0.3 is 0 Å². The Balaban J connectivity index is 1.08. The van der Waals surface area contributed by atoms with E-state index < -0.39 is 0 Å². The first-order valence-corrected chi connectivity index (χ1v) is 18.1. The summed E-state index contributed by atoms with van der Waals surface area (Å²) >= 11 is 0. The van der Waals surface area contributed by atoms with Gasteiger partial charge in [-0.05, 0) is 84.4 Å². The van der Waals surface area contributed by atoms with Gasteiger partial charge in [0.25, 0.3) is 0 Å². The summed E-state index contributed by atoms with van der Waals surface area (Å²) in [5.74, 6) is 0.589. The molecule has 11 aromatic rings. The van der Waals surface area contributed by atoms with Crippen molar-refractivity contribution in [1.82, 2.24) is 9.55 Å². The molecule has 0 N–H and O–H groups in total. The lowest BCUT2D eigenvalue weighted by atomic mass is 10.0. The maximum absolute atomic E-state index is 6.60. The normalized spacial score (nSPS) is 11.7. The predicted octanol–water partition coefficient (Wildman–Crippen LogP) is 13.6. The Labute approximate surface area is 310 Å². The number of hydrogen-bond acceptors (Lipinski definition) is 4. The van der Waals surface area contributed by atoms with E-state index in [0.29, 0.717) is 5.89 Å². The smallest absolute Gasteiger partial charge is 0.227 e. The number of benzene rings is 8. The highest BCUT2D eigenvalue weighted by Gasteiger charge is 2.22. The van der Waals surface area contributed by atoms with Crippen LogP contribution in [0.3, 0.4) is 0 Å². The van der Waals surface area contributed by atoms with Crippen molar-refractivity contribution in [3.63, 3.8) is 0 Å². The highest BCUT2D eigenvalue weighted by atomic mass is 16.4. The van der Waals surface area contributed by atoms with Gasteiger partial charge in [-0.3, -0.25) is 0 Å². The SMILES string of the molecule is c1ccc(-c2nc3c(cc(-c4ccc(N(c5ccccc5)c5ccc6c7ccccc7n(-c7ccccc7)c6c5)cc4)c4oc5ccccc5c43)o2)cc1. The number of para-hydroxylation sites is 4. The molecule has 0 spiro atoms. The van der Waals surface area contributed by atoms with E-state index >= 15 is 0 Å². The number of furan rings is 1. The third-order valence-electron chi connectivity index (χ3n) is 10.4. The third kappa shape index (κ3) is 4.76. The minimum absolute atomic E-state index is 0.589. The minimum Gasteiger partial charge on any atom is -0.455 e. The molecular formula is C49H31N3O2. The van der Waals surface area contributed by atoms with Crippen molar-refractivity contribution in [2.45, 2.75) is 0 Å². The molecule has 0 saturated heterocycles. The third-order valence-corrected chi connectivity index (χ3v) is 10.4. The summed E-state index contributed by atoms with van der Waals surface area (Å²) in [6, 6.07) is 65.6. The van der Waals surface area contributed by atoms with E-state index in [1.165, 1.54) is 16.3 Å². The molecule has 0 aliphatic carbocycles. The van der Waals surface area contributed by atoms with E-state index in [-0.39, 0.29) is 0 Å². The Hall–Kier alpha value is -7.37. The monoisotopic (exact) mass is 693 g/mol. The second-order valence-corrected chi connectivity index (χ2v) is 13.6. The first-order chi connectivity index (χ1) is 26.8. The molecule has 0 saturated carbocycles. The summed E-state index contributed by atoms with van der Waals surface area (Å²) in [5.41, 5.74) is 12.7. The quantitative estimate of drug-likeness (QED) is 0.174. The van der Waals surface area contributed by atoms with Crippen LogP contribution in [0, 0.1) is 0 Å². The second kappa shape index (κ2) is 12.1. The molecule has 0 aliphatic heterocycles. The van der Waals surface area contributed by atoms with E-state index in [2.05, 4.69) is 149 Å². The van der Waals surface area contributed by atoms with Crippen LogP contribution in [0.25, 0.3) is 83.1 Å². The first kappa shape index (κ1) is 30.3. The van der Waals surface area contributed by atoms with Crippen LogP contribution in [-0.2, 0) is 0 Å². The van der Waals surface area contributed by atoms with Crippen LogP contribution >= 0.6 is 0 Å². The highest BCUT2D eigenvalue weighted by molar-refractivity contribution is 6.20. The summed E-state index contributed by atoms with van der Waals surface area (Å²) in [6.45, 7) is 0. The molecule has 0 amide bonds. The van der Waals surface area contributed by atoms with Crippen molar-refractivity contribution in [2.75, 3.05) is 4.90 Å². The van der Waals surface area contributed by atoms with E-state index in [4.69, 9.17) is 13.8 Å². The Kier molecular flexibility index (Phi) is 6.79. The molecule has 3 aromatic heterocycles. The van der Waals surface area contributed by atoms with E-state index in [1.54, 1.807) is 0 Å². The maximum atomic E-state index is 6.60. The van der Waals surface area contributed by atoms with Crippen molar-refractivity contribution in [3.8, 4) is 28.3 Å². The van der Waals surface area contributed by atoms with E-state index in [1.807, 2.05) is 48.5 Å². The molecule has 0 aliphatic rings. The predicted molar refractivity (Wildman–Crippen MR) is 221 cm³/mol. The average Bonchev–Trinajstić information content (AvgIpc) is 3.94. The molecule has 0 radical (unpaired) electrons. The number of rotatable bonds is 6. The van der Waals surface area contributed by atoms with Crippen LogP contribution in [0.15, 0.2) is 197 Å². The maximum Gasteiger partial charge on any atom is 0.227 e. The van der Waals surface area contributed by atoms with Gasteiger partial charge in [-0.15, -0.1) is 0 Å². The zero-order valence-electron chi connectivity index (χ0n) is 29.1. The van der Waals surface area contributed by atoms with E-state index in [0.717, 1.165) is 78.0 Å². The van der Waals surface area contributed by atoms with Crippen LogP contribution in [0.4, 0.5) is 17.1 Å². The Morgan fingerprint density at radius 3 is 1.87 bits per heavy atom. The first-order valence-electron chi connectivity index (χ1n) is 18.1. The van der Waals surface area contributed by atoms with Gasteiger partial charge in [0.2, 0.25) is 5.89 Å². The molecule has 0 atom stereocenters. The van der Waals surface area contributed by atoms with Gasteiger partial charge in [0.05, 0.1) is 16.4 Å². The topological polar surface area (TPSA) is 47.3 Å². The van der Waals surface area contributed by atoms with Gasteiger partial charge in [-0.2, -0.15) is 0 Å². The summed E-state index contributed by atoms with van der Waals surface area (Å²) < 4.78 is 15.4. The Bertz CT molecular complexity index is 3140. The fraction of sp³-hybridized carbons (Fsp3) is 0. The summed E-state index contributed by atoms with van der Waals surface area (Å²) in [5, 5.41) is 4.42. The number of hydrogen-bond donors (Lipinski definition) is 0. The van der Waals surface area contributed by atoms with Crippen LogP contribution in [0.5, 0.6) is 0 Å². The van der Waals surface area contributed by atoms with Crippen LogP contribution in [0.2, 0.25) is 0 Å². The van der Waals surface area contributed by atoms with Crippen molar-refractivity contribution in [3.05, 3.63) is 188 Å². The molecular weight excluding hydrogens is 663 g/mol. The lowest BCUT2D eigenvalue weighted by molar-refractivity contribution is 0.619. The zero-order chi connectivity index (χ0) is 35.6. The van der Waals surface area contributed by atoms with E-state index in [9.17, 15) is 0 Å². The molecule has 5 nitrogen and oxygen atoms in total. The standard InChI is InChI=1S/C49H31N3O2/c1-4-14-33(15-5-1)49-50-47-45(54-49)31-41(48-46(47)40-21-11-13-23-44(40)53-48)32-24-26-36(27-25-32)51(34-16-6-2-7-17-34)37-28-29-39-38-20-10-12-22-42(38)52(43(39)30-37)35-18-8-3-9-19-35/h1-31H. The molecule has 5 heteroatoms. The van der Waals surface area contributed by atoms with Crippen LogP contribution in [-0.4, -0.2) is 9.55 Å². The summed E-state index contributed by atoms with van der Waals surface area (Å²) in [7, 11) is 0. The highest BCUT2D eigenvalue weighted by Crippen LogP contribution is 2.44. The number of fused-ring (bicyclic) bond motifs is 8. The molecule has 254 valence electrons. The van der Waals surface area contributed by atoms with Crippen LogP contribution in [0.1, 0.15) is 0 Å². The second-order valence-electron chi connectivity index (χ2n) is 13.6. The molecule has 3 heterocycles. The molecule has 54 heavy (non-hydrogen) atoms. The molecule has 11 rings (SSSR count). The Morgan fingerprint density at radius 1 is 0.444 bits per heavy atom. The van der Waals surface area contributed by atoms with Crippen molar-refractivity contribution < 1.29 is 8.83 Å². The molecule has 0 fully saturated rings. The number of anilines is 3. The largest absolute Gasteiger partial charge is 0.455 e. The van der Waals surface area contributed by atoms with Gasteiger partial charge in [-0.1, -0.05) is 109 Å². The van der Waals surface area contributed by atoms with Gasteiger partial charge < -0.3 is 18.3 Å². The summed E-state index contributed by atoms with van der Waals surface area (Å²) in [6.07, 6.45) is 0. The number of oxazole rings is 1. The van der Waals surface area contributed by atoms with Crippen molar-refractivity contribution in [2.24, 2.45) is 0 Å². The fourth-order valence-electron chi connectivity index (χ4n) is 7.96. The number of nitrogens with zero attached hydrogens (tertiary/aromatic N) is 3. The van der Waals surface area contributed by atoms with Gasteiger partial charge in [-0.25, -0.2) is 4.98 Å². The minimum atomic E-state index is 0.589. The van der Waals surface area contributed by atoms with Crippen molar-refractivity contribution in [1.29, 1.82) is 0 Å². The van der Waals surface area contributed by atoms with Crippen LogP contribution < -0.4 is 4.90 Å². The lowest BCUT2D eigenvalue weighted by Gasteiger charge is -2.26. The number of aromatic nitrogens is 2. The van der Waals surface area contributed by atoms with Gasteiger partial charge in [0, 0.05) is 50.0 Å². The molecule has 8 aromatic carbocycles. The zero-order valence-corrected chi connectivity index (χ0v) is 29.1. The molecule has 0 unspecified atom stereocenters. The fourth-order valence-corrected chi connectivity index (χ4v) is 7.96.